The average molecular weight is 174 g/mol. The third kappa shape index (κ3) is 17.7. The third-order valence-electron chi connectivity index (χ3n) is 0.183. The first-order chi connectivity index (χ1) is 2.64. The van der Waals surface area contributed by atoms with E-state index < -0.39 is 11.9 Å². The molecule has 0 atom stereocenters. The van der Waals surface area contributed by atoms with Crippen LogP contribution in [0.4, 0.5) is 4.70 Å². The fourth-order valence-electron chi connectivity index (χ4n) is 0. The second-order valence-electron chi connectivity index (χ2n) is 0.610. The molecular formula is C2H5FKNaO4. The standard InChI is InChI=1S/C2H2O4.FH.K.Na.2H/c3-1(4)2(5)6;;;;;/h(H,3,4)(H,5,6);1H;;;;. The van der Waals surface area contributed by atoms with Crippen LogP contribution >= 0.6 is 0 Å². The average Bonchev–Trinajstić information content (AvgIpc) is 1.36. The van der Waals surface area contributed by atoms with Crippen molar-refractivity contribution in [3.8, 4) is 0 Å². The second-order valence-corrected chi connectivity index (χ2v) is 0.610. The Hall–Kier alpha value is 1.51. The van der Waals surface area contributed by atoms with Crippen molar-refractivity contribution < 1.29 is 24.5 Å². The van der Waals surface area contributed by atoms with Gasteiger partial charge >= 0.3 is 92.9 Å². The van der Waals surface area contributed by atoms with E-state index in [1.165, 1.54) is 0 Å². The maximum absolute atomic E-state index is 9.10. The summed E-state index contributed by atoms with van der Waals surface area (Å²) in [5.74, 6) is -3.65. The summed E-state index contributed by atoms with van der Waals surface area (Å²) >= 11 is 0. The Morgan fingerprint density at radius 1 is 1.00 bits per heavy atom. The van der Waals surface area contributed by atoms with Crippen LogP contribution in [0, 0.1) is 0 Å². The summed E-state index contributed by atoms with van der Waals surface area (Å²) in [6.45, 7) is 0. The summed E-state index contributed by atoms with van der Waals surface area (Å²) < 4.78 is 0. The molecule has 0 aromatic rings. The van der Waals surface area contributed by atoms with E-state index in [4.69, 9.17) is 19.8 Å². The number of hydrogen-bond acceptors (Lipinski definition) is 2. The summed E-state index contributed by atoms with van der Waals surface area (Å²) in [4.78, 5) is 18.2. The summed E-state index contributed by atoms with van der Waals surface area (Å²) in [6, 6.07) is 0. The van der Waals surface area contributed by atoms with E-state index in [9.17, 15) is 0 Å². The van der Waals surface area contributed by atoms with E-state index in [0.717, 1.165) is 0 Å². The fourth-order valence-corrected chi connectivity index (χ4v) is 0. The van der Waals surface area contributed by atoms with Crippen LogP contribution in [0.5, 0.6) is 0 Å². The van der Waals surface area contributed by atoms with Crippen molar-refractivity contribution in [3.63, 3.8) is 0 Å². The van der Waals surface area contributed by atoms with Crippen LogP contribution in [-0.4, -0.2) is 103 Å². The van der Waals surface area contributed by atoms with E-state index >= 15 is 0 Å². The number of aliphatic carboxylic acids is 2. The summed E-state index contributed by atoms with van der Waals surface area (Å²) in [5, 5.41) is 14.8. The molecule has 0 aliphatic carbocycles. The molecule has 0 amide bonds. The van der Waals surface area contributed by atoms with Gasteiger partial charge in [0.2, 0.25) is 0 Å². The molecular weight excluding hydrogens is 169 g/mol. The van der Waals surface area contributed by atoms with Crippen molar-refractivity contribution in [2.24, 2.45) is 0 Å². The van der Waals surface area contributed by atoms with E-state index in [0.29, 0.717) is 0 Å². The topological polar surface area (TPSA) is 74.6 Å². The van der Waals surface area contributed by atoms with E-state index in [-0.39, 0.29) is 85.6 Å². The normalized spacial score (nSPS) is 4.89. The molecule has 0 saturated heterocycles. The van der Waals surface area contributed by atoms with Crippen molar-refractivity contribution in [1.29, 1.82) is 0 Å². The summed E-state index contributed by atoms with van der Waals surface area (Å²) in [7, 11) is 0. The number of carboxylic acids is 2. The van der Waals surface area contributed by atoms with Crippen LogP contribution in [0.1, 0.15) is 0 Å². The predicted octanol–water partition coefficient (Wildman–Crippen LogP) is -1.99. The van der Waals surface area contributed by atoms with Gasteiger partial charge in [0.05, 0.1) is 0 Å². The Labute approximate surface area is 115 Å². The van der Waals surface area contributed by atoms with Crippen LogP contribution in [0.25, 0.3) is 0 Å². The molecule has 0 bridgehead atoms. The van der Waals surface area contributed by atoms with E-state index in [2.05, 4.69) is 0 Å². The molecule has 7 heteroatoms. The van der Waals surface area contributed by atoms with Gasteiger partial charge in [0.25, 0.3) is 0 Å². The minimum absolute atomic E-state index is 0. The molecule has 0 saturated carbocycles. The maximum atomic E-state index is 9.10. The van der Waals surface area contributed by atoms with Crippen molar-refractivity contribution >= 4 is 92.9 Å². The van der Waals surface area contributed by atoms with Gasteiger partial charge in [-0.15, -0.1) is 0 Å². The number of carbonyl (C=O) groups is 2. The van der Waals surface area contributed by atoms with Crippen molar-refractivity contribution in [3.05, 3.63) is 0 Å². The molecule has 0 spiro atoms. The number of hydrogen-bond donors (Lipinski definition) is 2. The predicted molar refractivity (Wildman–Crippen MR) is 32.1 cm³/mol. The Bertz CT molecular complexity index is 84.6. The van der Waals surface area contributed by atoms with Crippen LogP contribution < -0.4 is 0 Å². The Morgan fingerprint density at radius 2 is 1.11 bits per heavy atom. The number of rotatable bonds is 0. The van der Waals surface area contributed by atoms with Crippen molar-refractivity contribution in [2.75, 3.05) is 0 Å². The molecule has 46 valence electrons. The monoisotopic (exact) mass is 174 g/mol. The zero-order chi connectivity index (χ0) is 5.15. The minimum atomic E-state index is -1.82. The van der Waals surface area contributed by atoms with Gasteiger partial charge in [-0.1, -0.05) is 0 Å². The zero-order valence-electron chi connectivity index (χ0n) is 3.12. The molecule has 0 aromatic heterocycles. The quantitative estimate of drug-likeness (QED) is 0.329. The van der Waals surface area contributed by atoms with Gasteiger partial charge in [-0.25, -0.2) is 9.59 Å². The van der Waals surface area contributed by atoms with Crippen LogP contribution in [0.15, 0.2) is 0 Å². The van der Waals surface area contributed by atoms with Gasteiger partial charge in [0.15, 0.2) is 0 Å². The fraction of sp³-hybridized carbons (Fsp3) is 0. The van der Waals surface area contributed by atoms with Gasteiger partial charge in [-0.05, 0) is 0 Å². The van der Waals surface area contributed by atoms with Gasteiger partial charge in [-0.2, -0.15) is 0 Å². The molecule has 4 nitrogen and oxygen atoms in total. The summed E-state index contributed by atoms with van der Waals surface area (Å²) in [5.41, 5.74) is 0. The van der Waals surface area contributed by atoms with Gasteiger partial charge in [0, 0.05) is 0 Å². The molecule has 0 unspecified atom stereocenters. The molecule has 0 aromatic carbocycles. The van der Waals surface area contributed by atoms with Crippen LogP contribution in [0.2, 0.25) is 0 Å². The Kier molecular flexibility index (Phi) is 30.4. The van der Waals surface area contributed by atoms with Gasteiger partial charge < -0.3 is 10.2 Å². The first-order valence-corrected chi connectivity index (χ1v) is 1.11. The zero-order valence-corrected chi connectivity index (χ0v) is 3.12. The first-order valence-electron chi connectivity index (χ1n) is 1.11. The SMILES string of the molecule is F.O=C(O)C(=O)O.[KH].[NaH]. The Morgan fingerprint density at radius 3 is 1.11 bits per heavy atom. The van der Waals surface area contributed by atoms with E-state index in [1.807, 2.05) is 0 Å². The van der Waals surface area contributed by atoms with Gasteiger partial charge in [-0.3, -0.25) is 4.70 Å². The first kappa shape index (κ1) is 22.4. The van der Waals surface area contributed by atoms with Gasteiger partial charge in [0.1, 0.15) is 0 Å². The second kappa shape index (κ2) is 12.2. The summed E-state index contributed by atoms with van der Waals surface area (Å²) in [6.07, 6.45) is 0. The molecule has 2 N–H and O–H groups in total. The van der Waals surface area contributed by atoms with E-state index in [1.54, 1.807) is 0 Å². The third-order valence-corrected chi connectivity index (χ3v) is 0.183. The van der Waals surface area contributed by atoms with Crippen molar-refractivity contribution in [1.82, 2.24) is 0 Å². The Balaban J connectivity index is -0.0000000417. The molecule has 9 heavy (non-hydrogen) atoms. The molecule has 0 rings (SSSR count). The van der Waals surface area contributed by atoms with Crippen molar-refractivity contribution in [2.45, 2.75) is 0 Å². The molecule has 0 aliphatic rings. The molecule has 0 aliphatic heterocycles. The number of halogens is 1. The molecule has 0 heterocycles. The molecule has 0 radical (unpaired) electrons. The van der Waals surface area contributed by atoms with Crippen LogP contribution in [0.3, 0.4) is 0 Å². The van der Waals surface area contributed by atoms with Crippen LogP contribution in [-0.2, 0) is 9.59 Å². The number of carboxylic acid groups (broad SMARTS) is 2. The molecule has 0 fully saturated rings.